The van der Waals surface area contributed by atoms with Gasteiger partial charge in [0.1, 0.15) is 5.15 Å². The summed E-state index contributed by atoms with van der Waals surface area (Å²) in [6.07, 6.45) is 1.57. The first-order valence-electron chi connectivity index (χ1n) is 9.55. The van der Waals surface area contributed by atoms with Gasteiger partial charge in [-0.05, 0) is 48.5 Å². The van der Waals surface area contributed by atoms with Crippen molar-refractivity contribution < 1.29 is 23.9 Å². The molecule has 1 fully saturated rings. The fourth-order valence-electron chi connectivity index (χ4n) is 3.16. The highest BCUT2D eigenvalue weighted by Gasteiger charge is 2.34. The highest BCUT2D eigenvalue weighted by molar-refractivity contribution is 8.18. The van der Waals surface area contributed by atoms with Crippen molar-refractivity contribution >= 4 is 58.1 Å². The number of benzene rings is 1. The van der Waals surface area contributed by atoms with E-state index < -0.39 is 11.1 Å². The van der Waals surface area contributed by atoms with Gasteiger partial charge in [-0.3, -0.25) is 19.3 Å². The van der Waals surface area contributed by atoms with Crippen LogP contribution in [0.5, 0.6) is 11.5 Å². The zero-order chi connectivity index (χ0) is 22.8. The van der Waals surface area contributed by atoms with Gasteiger partial charge in [-0.25, -0.2) is 4.98 Å². The number of aryl methyl sites for hydroxylation is 1. The van der Waals surface area contributed by atoms with Crippen molar-refractivity contribution in [3.05, 3.63) is 56.2 Å². The number of nitrogens with one attached hydrogen (secondary N) is 1. The van der Waals surface area contributed by atoms with E-state index in [4.69, 9.17) is 32.7 Å². The van der Waals surface area contributed by atoms with Crippen molar-refractivity contribution in [2.24, 2.45) is 0 Å². The zero-order valence-corrected chi connectivity index (χ0v) is 19.1. The Morgan fingerprint density at radius 1 is 1.25 bits per heavy atom. The van der Waals surface area contributed by atoms with Crippen molar-refractivity contribution in [1.29, 1.82) is 0 Å². The first-order valence-corrected chi connectivity index (χ1v) is 11.1. The molecule has 2 aliphatic heterocycles. The molecule has 11 heteroatoms. The average Bonchev–Trinajstić information content (AvgIpc) is 3.30. The Kier molecular flexibility index (Phi) is 6.59. The van der Waals surface area contributed by atoms with Crippen LogP contribution in [0.4, 0.5) is 4.79 Å². The summed E-state index contributed by atoms with van der Waals surface area (Å²) in [6, 6.07) is 6.89. The smallest absolute Gasteiger partial charge is 0.293 e. The maximum atomic E-state index is 12.6. The number of hydrogen-bond acceptors (Lipinski definition) is 7. The van der Waals surface area contributed by atoms with Crippen LogP contribution < -0.4 is 14.8 Å². The number of fused-ring (bicyclic) bond motifs is 1. The van der Waals surface area contributed by atoms with Crippen molar-refractivity contribution in [2.75, 3.05) is 19.9 Å². The summed E-state index contributed by atoms with van der Waals surface area (Å²) in [6.45, 7) is 2.05. The average molecular weight is 494 g/mol. The van der Waals surface area contributed by atoms with Crippen molar-refractivity contribution in [1.82, 2.24) is 15.2 Å². The molecule has 1 N–H and O–H groups in total. The number of thioether (sulfide) groups is 1. The van der Waals surface area contributed by atoms with Gasteiger partial charge in [0, 0.05) is 29.4 Å². The van der Waals surface area contributed by atoms with Gasteiger partial charge in [0.25, 0.3) is 11.1 Å². The molecule has 0 radical (unpaired) electrons. The number of halogens is 2. The third-order valence-electron chi connectivity index (χ3n) is 4.71. The SMILES string of the molecule is Cc1cc(Cl)c(CC(=O)NCCN2C(=O)S/C(=C\c3ccc4c(c3)OCO4)C2=O)c(Cl)n1. The molecule has 0 bridgehead atoms. The maximum Gasteiger partial charge on any atom is 0.293 e. The van der Waals surface area contributed by atoms with E-state index in [0.717, 1.165) is 16.7 Å². The molecule has 1 aromatic carbocycles. The molecule has 166 valence electrons. The molecule has 3 amide bonds. The zero-order valence-electron chi connectivity index (χ0n) is 16.8. The fourth-order valence-corrected chi connectivity index (χ4v) is 4.69. The monoisotopic (exact) mass is 493 g/mol. The van der Waals surface area contributed by atoms with Crippen LogP contribution in [-0.4, -0.2) is 46.8 Å². The lowest BCUT2D eigenvalue weighted by Gasteiger charge is -2.13. The number of carbonyl (C=O) groups is 3. The molecular formula is C21H17Cl2N3O5S. The Labute approximate surface area is 197 Å². The van der Waals surface area contributed by atoms with Crippen LogP contribution in [0.25, 0.3) is 6.08 Å². The van der Waals surface area contributed by atoms with Gasteiger partial charge in [0.15, 0.2) is 11.5 Å². The van der Waals surface area contributed by atoms with Gasteiger partial charge in [-0.1, -0.05) is 29.3 Å². The van der Waals surface area contributed by atoms with Gasteiger partial charge >= 0.3 is 0 Å². The summed E-state index contributed by atoms with van der Waals surface area (Å²) >= 11 is 13.1. The van der Waals surface area contributed by atoms with E-state index in [0.29, 0.717) is 38.2 Å². The topological polar surface area (TPSA) is 97.8 Å². The van der Waals surface area contributed by atoms with Crippen LogP contribution in [0, 0.1) is 6.92 Å². The maximum absolute atomic E-state index is 12.6. The highest BCUT2D eigenvalue weighted by atomic mass is 35.5. The lowest BCUT2D eigenvalue weighted by molar-refractivity contribution is -0.124. The number of ether oxygens (including phenoxy) is 2. The number of aromatic nitrogens is 1. The van der Waals surface area contributed by atoms with E-state index in [-0.39, 0.29) is 37.4 Å². The van der Waals surface area contributed by atoms with Gasteiger partial charge in [0.05, 0.1) is 11.3 Å². The lowest BCUT2D eigenvalue weighted by Crippen LogP contribution is -2.37. The summed E-state index contributed by atoms with van der Waals surface area (Å²) in [5.41, 5.74) is 1.79. The van der Waals surface area contributed by atoms with Crippen molar-refractivity contribution in [3.63, 3.8) is 0 Å². The first kappa shape index (κ1) is 22.4. The van der Waals surface area contributed by atoms with Crippen LogP contribution in [0.3, 0.4) is 0 Å². The van der Waals surface area contributed by atoms with Crippen molar-refractivity contribution in [3.8, 4) is 11.5 Å². The summed E-state index contributed by atoms with van der Waals surface area (Å²) in [5, 5.41) is 2.80. The second-order valence-corrected chi connectivity index (χ2v) is 8.75. The Hall–Kier alpha value is -2.75. The molecule has 32 heavy (non-hydrogen) atoms. The number of amides is 3. The molecular weight excluding hydrogens is 477 g/mol. The lowest BCUT2D eigenvalue weighted by atomic mass is 10.2. The van der Waals surface area contributed by atoms with Gasteiger partial charge in [0.2, 0.25) is 12.7 Å². The van der Waals surface area contributed by atoms with Gasteiger partial charge in [-0.2, -0.15) is 0 Å². The van der Waals surface area contributed by atoms with E-state index in [1.807, 2.05) is 0 Å². The van der Waals surface area contributed by atoms with E-state index in [1.165, 1.54) is 0 Å². The summed E-state index contributed by atoms with van der Waals surface area (Å²) in [5.74, 6) is 0.461. The van der Waals surface area contributed by atoms with Gasteiger partial charge in [-0.15, -0.1) is 0 Å². The highest BCUT2D eigenvalue weighted by Crippen LogP contribution is 2.36. The predicted molar refractivity (Wildman–Crippen MR) is 121 cm³/mol. The fraction of sp³-hybridized carbons (Fsp3) is 0.238. The number of imide groups is 1. The van der Waals surface area contributed by atoms with E-state index in [1.54, 1.807) is 37.3 Å². The molecule has 0 atom stereocenters. The minimum absolute atomic E-state index is 0.0441. The summed E-state index contributed by atoms with van der Waals surface area (Å²) in [4.78, 5) is 42.7. The minimum Gasteiger partial charge on any atom is -0.454 e. The number of nitrogens with zero attached hydrogens (tertiary/aromatic N) is 2. The van der Waals surface area contributed by atoms with Gasteiger partial charge < -0.3 is 14.8 Å². The molecule has 8 nitrogen and oxygen atoms in total. The third-order valence-corrected chi connectivity index (χ3v) is 6.27. The molecule has 2 aliphatic rings. The number of carbonyl (C=O) groups excluding carboxylic acids is 3. The Morgan fingerprint density at radius 3 is 2.81 bits per heavy atom. The quantitative estimate of drug-likeness (QED) is 0.482. The van der Waals surface area contributed by atoms with Crippen molar-refractivity contribution in [2.45, 2.75) is 13.3 Å². The van der Waals surface area contributed by atoms with E-state index in [9.17, 15) is 14.4 Å². The largest absolute Gasteiger partial charge is 0.454 e. The Morgan fingerprint density at radius 2 is 2.03 bits per heavy atom. The first-order chi connectivity index (χ1) is 15.3. The summed E-state index contributed by atoms with van der Waals surface area (Å²) in [7, 11) is 0. The minimum atomic E-state index is -0.416. The molecule has 4 rings (SSSR count). The second kappa shape index (κ2) is 9.40. The Balaban J connectivity index is 1.33. The number of pyridine rings is 1. The van der Waals surface area contributed by atoms with E-state index in [2.05, 4.69) is 10.3 Å². The predicted octanol–water partition coefficient (Wildman–Crippen LogP) is 3.82. The Bertz CT molecular complexity index is 1130. The molecule has 0 spiro atoms. The molecule has 2 aromatic rings. The van der Waals surface area contributed by atoms with Crippen LogP contribution in [0.15, 0.2) is 29.2 Å². The molecule has 1 saturated heterocycles. The standard InChI is InChI=1S/C21H17Cl2N3O5S/c1-11-6-14(22)13(19(23)25-11)9-18(27)24-4-5-26-20(28)17(32-21(26)29)8-12-2-3-15-16(7-12)31-10-30-15/h2-3,6-8H,4-5,9-10H2,1H3,(H,24,27)/b17-8-. The summed E-state index contributed by atoms with van der Waals surface area (Å²) < 4.78 is 10.6. The molecule has 3 heterocycles. The molecule has 1 aromatic heterocycles. The van der Waals surface area contributed by atoms with Crippen LogP contribution in [-0.2, 0) is 16.0 Å². The second-order valence-electron chi connectivity index (χ2n) is 6.99. The van der Waals surface area contributed by atoms with E-state index >= 15 is 0 Å². The van der Waals surface area contributed by atoms with Crippen LogP contribution in [0.1, 0.15) is 16.8 Å². The number of rotatable bonds is 6. The van der Waals surface area contributed by atoms with Crippen LogP contribution >= 0.6 is 35.0 Å². The molecule has 0 unspecified atom stereocenters. The molecule has 0 aliphatic carbocycles. The van der Waals surface area contributed by atoms with Crippen LogP contribution in [0.2, 0.25) is 10.2 Å². The molecule has 0 saturated carbocycles. The third kappa shape index (κ3) is 4.85. The normalized spacial score (nSPS) is 16.2. The number of hydrogen-bond donors (Lipinski definition) is 1.